The van der Waals surface area contributed by atoms with Crippen LogP contribution in [0.2, 0.25) is 5.02 Å². The first kappa shape index (κ1) is 18.2. The van der Waals surface area contributed by atoms with Gasteiger partial charge in [-0.1, -0.05) is 31.5 Å². The average molecular weight is 354 g/mol. The molecule has 0 radical (unpaired) electrons. The highest BCUT2D eigenvalue weighted by molar-refractivity contribution is 6.32. The topological polar surface area (TPSA) is 38.3 Å². The van der Waals surface area contributed by atoms with Gasteiger partial charge in [0.2, 0.25) is 0 Å². The number of rotatable bonds is 6. The summed E-state index contributed by atoms with van der Waals surface area (Å²) in [5.41, 5.74) is 2.93. The summed E-state index contributed by atoms with van der Waals surface area (Å²) in [6.07, 6.45) is 1.43. The van der Waals surface area contributed by atoms with Gasteiger partial charge in [0.15, 0.2) is 0 Å². The Bertz CT molecular complexity index is 718. The fourth-order valence-corrected chi connectivity index (χ4v) is 2.73. The van der Waals surface area contributed by atoms with E-state index in [1.165, 1.54) is 24.3 Å². The van der Waals surface area contributed by atoms with Crippen LogP contribution in [0.4, 0.5) is 14.5 Å². The Balaban J connectivity index is 2.25. The highest BCUT2D eigenvalue weighted by atomic mass is 35.5. The molecule has 0 spiro atoms. The highest BCUT2D eigenvalue weighted by Gasteiger charge is 2.14. The van der Waals surface area contributed by atoms with Crippen LogP contribution in [0.1, 0.15) is 35.3 Å². The van der Waals surface area contributed by atoms with Gasteiger partial charge in [-0.05, 0) is 54.3 Å². The van der Waals surface area contributed by atoms with E-state index in [2.05, 4.69) is 10.1 Å². The zero-order valence-electron chi connectivity index (χ0n) is 13.4. The maximum atomic E-state index is 12.5. The summed E-state index contributed by atoms with van der Waals surface area (Å²) in [7, 11) is 0. The van der Waals surface area contributed by atoms with Crippen LogP contribution in [0.3, 0.4) is 0 Å². The number of anilines is 1. The SMILES string of the molecule is CCc1ccc(Cl)c(CC)c1NC(=O)c1ccc(OC(F)F)cc1. The van der Waals surface area contributed by atoms with Crippen LogP contribution in [0.15, 0.2) is 36.4 Å². The third-order valence-electron chi connectivity index (χ3n) is 3.66. The third-order valence-corrected chi connectivity index (χ3v) is 4.01. The van der Waals surface area contributed by atoms with Crippen molar-refractivity contribution in [2.45, 2.75) is 33.3 Å². The second kappa shape index (κ2) is 8.11. The average Bonchev–Trinajstić information content (AvgIpc) is 2.55. The molecule has 0 atom stereocenters. The van der Waals surface area contributed by atoms with E-state index in [9.17, 15) is 13.6 Å². The highest BCUT2D eigenvalue weighted by Crippen LogP contribution is 2.30. The number of nitrogens with one attached hydrogen (secondary N) is 1. The predicted octanol–water partition coefficient (Wildman–Crippen LogP) is 5.32. The molecule has 6 heteroatoms. The Morgan fingerprint density at radius 2 is 1.79 bits per heavy atom. The number of hydrogen-bond acceptors (Lipinski definition) is 2. The molecular weight excluding hydrogens is 336 g/mol. The number of alkyl halides is 2. The molecule has 1 N–H and O–H groups in total. The summed E-state index contributed by atoms with van der Waals surface area (Å²) < 4.78 is 28.6. The van der Waals surface area contributed by atoms with E-state index in [0.29, 0.717) is 22.7 Å². The lowest BCUT2D eigenvalue weighted by Gasteiger charge is -2.16. The van der Waals surface area contributed by atoms with Gasteiger partial charge in [-0.25, -0.2) is 0 Å². The van der Waals surface area contributed by atoms with Crippen molar-refractivity contribution in [3.8, 4) is 5.75 Å². The number of benzene rings is 2. The van der Waals surface area contributed by atoms with Crippen LogP contribution in [0.5, 0.6) is 5.75 Å². The van der Waals surface area contributed by atoms with Crippen molar-refractivity contribution in [3.05, 3.63) is 58.1 Å². The van der Waals surface area contributed by atoms with E-state index < -0.39 is 6.61 Å². The lowest BCUT2D eigenvalue weighted by molar-refractivity contribution is -0.0498. The van der Waals surface area contributed by atoms with E-state index in [4.69, 9.17) is 11.6 Å². The molecule has 128 valence electrons. The molecule has 2 aromatic rings. The molecule has 0 saturated carbocycles. The van der Waals surface area contributed by atoms with Crippen molar-refractivity contribution >= 4 is 23.2 Å². The normalized spacial score (nSPS) is 10.8. The molecule has 0 fully saturated rings. The van der Waals surface area contributed by atoms with Crippen molar-refractivity contribution in [2.24, 2.45) is 0 Å². The molecule has 0 aliphatic carbocycles. The third kappa shape index (κ3) is 4.23. The Morgan fingerprint density at radius 1 is 1.12 bits per heavy atom. The standard InChI is InChI=1S/C18H18ClF2NO2/c1-3-11-7-10-15(19)14(4-2)16(11)22-17(23)12-5-8-13(9-6-12)24-18(20)21/h5-10,18H,3-4H2,1-2H3,(H,22,23). The number of amides is 1. The van der Waals surface area contributed by atoms with Gasteiger partial charge in [-0.3, -0.25) is 4.79 Å². The maximum Gasteiger partial charge on any atom is 0.387 e. The minimum atomic E-state index is -2.89. The van der Waals surface area contributed by atoms with Gasteiger partial charge in [-0.2, -0.15) is 8.78 Å². The summed E-state index contributed by atoms with van der Waals surface area (Å²) in [4.78, 5) is 12.5. The maximum absolute atomic E-state index is 12.5. The summed E-state index contributed by atoms with van der Waals surface area (Å²) >= 11 is 6.22. The van der Waals surface area contributed by atoms with Gasteiger partial charge in [-0.15, -0.1) is 0 Å². The molecule has 0 saturated heterocycles. The van der Waals surface area contributed by atoms with Gasteiger partial charge >= 0.3 is 6.61 Å². The summed E-state index contributed by atoms with van der Waals surface area (Å²) in [6, 6.07) is 9.26. The van der Waals surface area contributed by atoms with Gasteiger partial charge in [0.1, 0.15) is 5.75 Å². The van der Waals surface area contributed by atoms with E-state index in [1.54, 1.807) is 0 Å². The molecule has 0 bridgehead atoms. The number of hydrogen-bond donors (Lipinski definition) is 1. The molecule has 0 aliphatic heterocycles. The zero-order chi connectivity index (χ0) is 17.7. The quantitative estimate of drug-likeness (QED) is 0.763. The fourth-order valence-electron chi connectivity index (χ4n) is 2.44. The van der Waals surface area contributed by atoms with Crippen LogP contribution in [0, 0.1) is 0 Å². The van der Waals surface area contributed by atoms with E-state index in [1.807, 2.05) is 26.0 Å². The number of ether oxygens (including phenoxy) is 1. The Morgan fingerprint density at radius 3 is 2.33 bits per heavy atom. The summed E-state index contributed by atoms with van der Waals surface area (Å²) in [5.74, 6) is -0.321. The van der Waals surface area contributed by atoms with Crippen molar-refractivity contribution in [3.63, 3.8) is 0 Å². The molecule has 0 unspecified atom stereocenters. The predicted molar refractivity (Wildman–Crippen MR) is 91.2 cm³/mol. The van der Waals surface area contributed by atoms with Crippen molar-refractivity contribution in [1.82, 2.24) is 0 Å². The molecule has 0 aromatic heterocycles. The number of carbonyl (C=O) groups excluding carboxylic acids is 1. The van der Waals surface area contributed by atoms with Crippen molar-refractivity contribution in [1.29, 1.82) is 0 Å². The molecule has 24 heavy (non-hydrogen) atoms. The van der Waals surface area contributed by atoms with Gasteiger partial charge in [0, 0.05) is 16.3 Å². The molecule has 1 amide bonds. The fraction of sp³-hybridized carbons (Fsp3) is 0.278. The second-order valence-electron chi connectivity index (χ2n) is 5.12. The molecule has 3 nitrogen and oxygen atoms in total. The van der Waals surface area contributed by atoms with Crippen LogP contribution in [0.25, 0.3) is 0 Å². The lowest BCUT2D eigenvalue weighted by atomic mass is 10.0. The van der Waals surface area contributed by atoms with E-state index in [-0.39, 0.29) is 11.7 Å². The first-order valence-corrected chi connectivity index (χ1v) is 8.00. The molecule has 0 aliphatic rings. The largest absolute Gasteiger partial charge is 0.435 e. The minimum absolute atomic E-state index is 0.00722. The van der Waals surface area contributed by atoms with E-state index in [0.717, 1.165) is 17.5 Å². The zero-order valence-corrected chi connectivity index (χ0v) is 14.2. The lowest BCUT2D eigenvalue weighted by Crippen LogP contribution is -2.15. The Labute approximate surface area is 144 Å². The van der Waals surface area contributed by atoms with Gasteiger partial charge in [0.05, 0.1) is 0 Å². The second-order valence-corrected chi connectivity index (χ2v) is 5.53. The summed E-state index contributed by atoms with van der Waals surface area (Å²) in [6.45, 7) is 1.07. The van der Waals surface area contributed by atoms with Crippen LogP contribution in [-0.4, -0.2) is 12.5 Å². The van der Waals surface area contributed by atoms with Crippen molar-refractivity contribution in [2.75, 3.05) is 5.32 Å². The Hall–Kier alpha value is -2.14. The first-order chi connectivity index (χ1) is 11.5. The molecule has 0 heterocycles. The van der Waals surface area contributed by atoms with E-state index >= 15 is 0 Å². The number of aryl methyl sites for hydroxylation is 1. The minimum Gasteiger partial charge on any atom is -0.435 e. The first-order valence-electron chi connectivity index (χ1n) is 7.62. The summed E-state index contributed by atoms with van der Waals surface area (Å²) in [5, 5.41) is 3.49. The van der Waals surface area contributed by atoms with Gasteiger partial charge < -0.3 is 10.1 Å². The Kier molecular flexibility index (Phi) is 6.15. The number of carbonyl (C=O) groups is 1. The molecule has 2 aromatic carbocycles. The smallest absolute Gasteiger partial charge is 0.387 e. The van der Waals surface area contributed by atoms with Crippen LogP contribution in [-0.2, 0) is 12.8 Å². The van der Waals surface area contributed by atoms with Crippen LogP contribution < -0.4 is 10.1 Å². The van der Waals surface area contributed by atoms with Gasteiger partial charge in [0.25, 0.3) is 5.91 Å². The number of halogens is 3. The molecular formula is C18H18ClF2NO2. The van der Waals surface area contributed by atoms with Crippen LogP contribution >= 0.6 is 11.6 Å². The molecule has 2 rings (SSSR count). The monoisotopic (exact) mass is 353 g/mol. The van der Waals surface area contributed by atoms with Crippen molar-refractivity contribution < 1.29 is 18.3 Å².